The number of allylic oxidation sites excluding steroid dienone is 1. The molecule has 0 radical (unpaired) electrons. The van der Waals surface area contributed by atoms with Crippen LogP contribution in [0.25, 0.3) is 5.57 Å². The minimum absolute atomic E-state index is 0.181. The van der Waals surface area contributed by atoms with E-state index >= 15 is 0 Å². The van der Waals surface area contributed by atoms with E-state index in [1.165, 1.54) is 24.5 Å². The van der Waals surface area contributed by atoms with Gasteiger partial charge in [0.1, 0.15) is 11.6 Å². The molecule has 0 aliphatic carbocycles. The molecule has 28 heavy (non-hydrogen) atoms. The molecule has 146 valence electrons. The first-order valence-electron chi connectivity index (χ1n) is 8.86. The van der Waals surface area contributed by atoms with E-state index in [1.807, 2.05) is 6.07 Å². The highest BCUT2D eigenvalue weighted by Crippen LogP contribution is 2.26. The average Bonchev–Trinajstić information content (AvgIpc) is 2.73. The van der Waals surface area contributed by atoms with E-state index in [-0.39, 0.29) is 17.0 Å². The van der Waals surface area contributed by atoms with Crippen LogP contribution in [0.1, 0.15) is 16.7 Å². The van der Waals surface area contributed by atoms with E-state index in [9.17, 15) is 4.39 Å². The third-order valence-corrected chi connectivity index (χ3v) is 4.54. The number of hydrogen-bond donors (Lipinski definition) is 3. The topological polar surface area (TPSA) is 114 Å². The lowest BCUT2D eigenvalue weighted by Crippen LogP contribution is -2.36. The lowest BCUT2D eigenvalue weighted by Gasteiger charge is -2.28. The molecule has 1 aromatic heterocycles. The van der Waals surface area contributed by atoms with Crippen molar-refractivity contribution in [2.24, 2.45) is 10.7 Å². The Kier molecular flexibility index (Phi) is 6.00. The van der Waals surface area contributed by atoms with Gasteiger partial charge in [-0.3, -0.25) is 10.4 Å². The Hall–Kier alpha value is -3.26. The molecule has 8 heteroatoms. The third kappa shape index (κ3) is 4.01. The van der Waals surface area contributed by atoms with Crippen molar-refractivity contribution < 1.29 is 9.13 Å². The van der Waals surface area contributed by atoms with Gasteiger partial charge in [-0.05, 0) is 24.3 Å². The van der Waals surface area contributed by atoms with Crippen molar-refractivity contribution in [2.45, 2.75) is 0 Å². The van der Waals surface area contributed by atoms with Crippen LogP contribution in [0.4, 0.5) is 15.9 Å². The summed E-state index contributed by atoms with van der Waals surface area (Å²) in [5.41, 5.74) is 13.7. The summed E-state index contributed by atoms with van der Waals surface area (Å²) in [6.07, 6.45) is 4.40. The van der Waals surface area contributed by atoms with Crippen molar-refractivity contribution in [3.05, 3.63) is 59.2 Å². The highest BCUT2D eigenvalue weighted by molar-refractivity contribution is 6.16. The summed E-state index contributed by atoms with van der Waals surface area (Å²) in [7, 11) is 1.58. The molecule has 0 amide bonds. The van der Waals surface area contributed by atoms with E-state index in [0.717, 1.165) is 18.9 Å². The van der Waals surface area contributed by atoms with Crippen molar-refractivity contribution in [3.8, 4) is 0 Å². The highest BCUT2D eigenvalue weighted by Gasteiger charge is 2.17. The lowest BCUT2D eigenvalue weighted by atomic mass is 9.96. The van der Waals surface area contributed by atoms with Crippen LogP contribution in [0.5, 0.6) is 0 Å². The number of morpholine rings is 1. The number of pyridine rings is 1. The molecule has 1 aliphatic heterocycles. The van der Waals surface area contributed by atoms with Crippen molar-refractivity contribution >= 4 is 29.0 Å². The van der Waals surface area contributed by atoms with E-state index in [1.54, 1.807) is 19.3 Å². The summed E-state index contributed by atoms with van der Waals surface area (Å²) in [5.74, 6) is 0.251. The fourth-order valence-electron chi connectivity index (χ4n) is 3.06. The first kappa shape index (κ1) is 19.5. The second-order valence-corrected chi connectivity index (χ2v) is 6.31. The van der Waals surface area contributed by atoms with E-state index < -0.39 is 5.82 Å². The maximum Gasteiger partial charge on any atom is 0.133 e. The molecule has 0 unspecified atom stereocenters. The van der Waals surface area contributed by atoms with Crippen molar-refractivity contribution in [1.82, 2.24) is 4.98 Å². The third-order valence-electron chi connectivity index (χ3n) is 4.54. The summed E-state index contributed by atoms with van der Waals surface area (Å²) in [4.78, 5) is 10.4. The molecule has 1 aliphatic rings. The zero-order valence-corrected chi connectivity index (χ0v) is 15.7. The van der Waals surface area contributed by atoms with E-state index in [4.69, 9.17) is 21.6 Å². The molecule has 0 spiro atoms. The van der Waals surface area contributed by atoms with Crippen molar-refractivity contribution in [1.29, 1.82) is 5.41 Å². The van der Waals surface area contributed by atoms with Gasteiger partial charge in [-0.2, -0.15) is 0 Å². The Bertz CT molecular complexity index is 934. The summed E-state index contributed by atoms with van der Waals surface area (Å²) in [6, 6.07) is 6.31. The summed E-state index contributed by atoms with van der Waals surface area (Å²) in [5, 5.41) is 8.63. The SMILES string of the molecule is CN=CC(=CN)c1cc(C(=N)c2ccnc(N3CCOCC3)c2)c(N)cc1F. The Labute approximate surface area is 163 Å². The van der Waals surface area contributed by atoms with Gasteiger partial charge in [-0.25, -0.2) is 9.37 Å². The Balaban J connectivity index is 1.98. The molecule has 5 N–H and O–H groups in total. The molecular formula is C20H23FN6O. The van der Waals surface area contributed by atoms with Crippen LogP contribution in [0, 0.1) is 11.2 Å². The summed E-state index contributed by atoms with van der Waals surface area (Å²) < 4.78 is 19.8. The van der Waals surface area contributed by atoms with Crippen LogP contribution >= 0.6 is 0 Å². The molecule has 3 rings (SSSR count). The molecule has 2 aromatic rings. The van der Waals surface area contributed by atoms with Crippen molar-refractivity contribution in [2.75, 3.05) is 44.0 Å². The largest absolute Gasteiger partial charge is 0.404 e. The van der Waals surface area contributed by atoms with Crippen molar-refractivity contribution in [3.63, 3.8) is 0 Å². The second kappa shape index (κ2) is 8.62. The van der Waals surface area contributed by atoms with Gasteiger partial charge in [0.05, 0.1) is 18.9 Å². The highest BCUT2D eigenvalue weighted by atomic mass is 19.1. The van der Waals surface area contributed by atoms with Gasteiger partial charge < -0.3 is 21.1 Å². The minimum atomic E-state index is -0.519. The molecular weight excluding hydrogens is 359 g/mol. The zero-order chi connectivity index (χ0) is 20.1. The van der Waals surface area contributed by atoms with Crippen LogP contribution in [0.15, 0.2) is 41.7 Å². The van der Waals surface area contributed by atoms with E-state index in [0.29, 0.717) is 29.9 Å². The van der Waals surface area contributed by atoms with Gasteiger partial charge in [0, 0.05) is 66.7 Å². The number of aromatic nitrogens is 1. The first-order chi connectivity index (χ1) is 13.5. The smallest absolute Gasteiger partial charge is 0.133 e. The molecule has 1 aromatic carbocycles. The van der Waals surface area contributed by atoms with Gasteiger partial charge in [0.25, 0.3) is 0 Å². The number of ether oxygens (including phenoxy) is 1. The van der Waals surface area contributed by atoms with Gasteiger partial charge in [0.2, 0.25) is 0 Å². The number of benzene rings is 1. The summed E-state index contributed by atoms with van der Waals surface area (Å²) in [6.45, 7) is 2.77. The van der Waals surface area contributed by atoms with E-state index in [2.05, 4.69) is 14.9 Å². The standard InChI is InChI=1S/C20H23FN6O/c1-25-12-14(11-22)15-9-16(18(23)10-17(15)21)20(24)13-2-3-26-19(8-13)27-4-6-28-7-5-27/h2-3,8-12,24H,4-7,22-23H2,1H3. The molecule has 7 nitrogen and oxygen atoms in total. The monoisotopic (exact) mass is 382 g/mol. The van der Waals surface area contributed by atoms with Crippen LogP contribution in [0.3, 0.4) is 0 Å². The lowest BCUT2D eigenvalue weighted by molar-refractivity contribution is 0.122. The van der Waals surface area contributed by atoms with Crippen LogP contribution in [0.2, 0.25) is 0 Å². The predicted octanol–water partition coefficient (Wildman–Crippen LogP) is 2.06. The number of nitrogens with zero attached hydrogens (tertiary/aromatic N) is 3. The number of nitrogen functional groups attached to an aromatic ring is 1. The first-order valence-corrected chi connectivity index (χ1v) is 8.86. The average molecular weight is 382 g/mol. The summed E-state index contributed by atoms with van der Waals surface area (Å²) >= 11 is 0. The molecule has 0 bridgehead atoms. The van der Waals surface area contributed by atoms with Crippen LogP contribution in [-0.4, -0.2) is 50.3 Å². The molecule has 2 heterocycles. The fraction of sp³-hybridized carbons (Fsp3) is 0.250. The number of nitrogens with two attached hydrogens (primary N) is 2. The molecule has 1 fully saturated rings. The Morgan fingerprint density at radius 2 is 2.04 bits per heavy atom. The minimum Gasteiger partial charge on any atom is -0.404 e. The van der Waals surface area contributed by atoms with Gasteiger partial charge >= 0.3 is 0 Å². The fourth-order valence-corrected chi connectivity index (χ4v) is 3.06. The quantitative estimate of drug-likeness (QED) is 0.541. The number of rotatable bonds is 5. The zero-order valence-electron chi connectivity index (χ0n) is 15.7. The van der Waals surface area contributed by atoms with Gasteiger partial charge in [-0.1, -0.05) is 0 Å². The number of halogens is 1. The number of anilines is 2. The Morgan fingerprint density at radius 3 is 2.71 bits per heavy atom. The van der Waals surface area contributed by atoms with Crippen LogP contribution < -0.4 is 16.4 Å². The Morgan fingerprint density at radius 1 is 1.29 bits per heavy atom. The normalized spacial score (nSPS) is 15.2. The number of hydrogen-bond acceptors (Lipinski definition) is 7. The maximum atomic E-state index is 14.4. The number of aliphatic imine (C=N–C) groups is 1. The second-order valence-electron chi connectivity index (χ2n) is 6.31. The van der Waals surface area contributed by atoms with Gasteiger partial charge in [-0.15, -0.1) is 0 Å². The number of nitrogens with one attached hydrogen (secondary N) is 1. The van der Waals surface area contributed by atoms with Crippen LogP contribution in [-0.2, 0) is 4.74 Å². The predicted molar refractivity (Wildman–Crippen MR) is 111 cm³/mol. The molecule has 0 atom stereocenters. The van der Waals surface area contributed by atoms with Gasteiger partial charge in [0.15, 0.2) is 0 Å². The molecule has 1 saturated heterocycles. The maximum absolute atomic E-state index is 14.4. The molecule has 0 saturated carbocycles.